The van der Waals surface area contributed by atoms with Gasteiger partial charge in [-0.05, 0) is 24.5 Å². The summed E-state index contributed by atoms with van der Waals surface area (Å²) in [6.45, 7) is 4.42. The molecule has 2 rings (SSSR count). The summed E-state index contributed by atoms with van der Waals surface area (Å²) in [6.07, 6.45) is 2.83. The van der Waals surface area contributed by atoms with E-state index in [4.69, 9.17) is 0 Å². The van der Waals surface area contributed by atoms with Crippen LogP contribution in [-0.2, 0) is 11.2 Å². The number of hydrogen-bond acceptors (Lipinski definition) is 4. The molecule has 6 nitrogen and oxygen atoms in total. The number of imidazole rings is 1. The van der Waals surface area contributed by atoms with Crippen LogP contribution in [0.15, 0.2) is 18.3 Å². The first-order chi connectivity index (χ1) is 10.1. The minimum Gasteiger partial charge on any atom is -0.393 e. The van der Waals surface area contributed by atoms with E-state index in [2.05, 4.69) is 20.3 Å². The quantitative estimate of drug-likeness (QED) is 0.719. The minimum absolute atomic E-state index is 0.0284. The van der Waals surface area contributed by atoms with Crippen molar-refractivity contribution in [1.29, 1.82) is 0 Å². The largest absolute Gasteiger partial charge is 0.393 e. The van der Waals surface area contributed by atoms with Crippen LogP contribution in [-0.4, -0.2) is 38.6 Å². The third-order valence-corrected chi connectivity index (χ3v) is 3.43. The molecule has 1 amide bonds. The van der Waals surface area contributed by atoms with Crippen molar-refractivity contribution in [1.82, 2.24) is 20.3 Å². The molecule has 2 aromatic heterocycles. The molecule has 0 saturated carbocycles. The summed E-state index contributed by atoms with van der Waals surface area (Å²) in [4.78, 5) is 23.4. The number of nitrogens with one attached hydrogen (secondary N) is 2. The Hall–Kier alpha value is -1.95. The number of H-pyrrole nitrogens is 1. The molecule has 1 atom stereocenters. The Bertz CT molecular complexity index is 561. The molecule has 2 heterocycles. The highest BCUT2D eigenvalue weighted by molar-refractivity contribution is 5.76. The van der Waals surface area contributed by atoms with Gasteiger partial charge in [-0.1, -0.05) is 13.8 Å². The van der Waals surface area contributed by atoms with E-state index in [9.17, 15) is 9.90 Å². The van der Waals surface area contributed by atoms with Gasteiger partial charge in [0.15, 0.2) is 5.65 Å². The molecule has 114 valence electrons. The van der Waals surface area contributed by atoms with E-state index in [1.807, 2.05) is 26.0 Å². The second-order valence-electron chi connectivity index (χ2n) is 5.51. The highest BCUT2D eigenvalue weighted by Crippen LogP contribution is 2.08. The number of aliphatic hydroxyl groups is 1. The van der Waals surface area contributed by atoms with Crippen molar-refractivity contribution >= 4 is 17.1 Å². The summed E-state index contributed by atoms with van der Waals surface area (Å²) in [5.41, 5.74) is 1.56. The molecule has 21 heavy (non-hydrogen) atoms. The van der Waals surface area contributed by atoms with Crippen molar-refractivity contribution in [3.05, 3.63) is 24.2 Å². The fourth-order valence-electron chi connectivity index (χ4n) is 2.03. The van der Waals surface area contributed by atoms with Crippen molar-refractivity contribution in [2.75, 3.05) is 6.54 Å². The van der Waals surface area contributed by atoms with Gasteiger partial charge in [-0.2, -0.15) is 0 Å². The average Bonchev–Trinajstić information content (AvgIpc) is 2.87. The van der Waals surface area contributed by atoms with Crippen molar-refractivity contribution < 1.29 is 9.90 Å². The van der Waals surface area contributed by atoms with Gasteiger partial charge in [-0.25, -0.2) is 9.97 Å². The van der Waals surface area contributed by atoms with E-state index in [1.54, 1.807) is 6.20 Å². The minimum atomic E-state index is -0.369. The molecule has 0 aromatic carbocycles. The SMILES string of the molecule is CC(C)C(O)CCNC(=O)CCc1nc2ncccc2[nH]1. The number of nitrogens with zero attached hydrogens (tertiary/aromatic N) is 2. The standard InChI is InChI=1S/C15H22N4O2/c1-10(2)12(20)7-9-16-14(21)6-5-13-18-11-4-3-8-17-15(11)19-13/h3-4,8,10,12,20H,5-7,9H2,1-2H3,(H,16,21)(H,17,18,19). The molecule has 0 saturated heterocycles. The predicted molar refractivity (Wildman–Crippen MR) is 80.7 cm³/mol. The van der Waals surface area contributed by atoms with Crippen LogP contribution in [0.3, 0.4) is 0 Å². The van der Waals surface area contributed by atoms with Gasteiger partial charge in [0, 0.05) is 25.6 Å². The Morgan fingerprint density at radius 1 is 1.48 bits per heavy atom. The third-order valence-electron chi connectivity index (χ3n) is 3.43. The molecule has 6 heteroatoms. The number of rotatable bonds is 7. The van der Waals surface area contributed by atoms with Crippen LogP contribution >= 0.6 is 0 Å². The maximum Gasteiger partial charge on any atom is 0.220 e. The van der Waals surface area contributed by atoms with Gasteiger partial charge in [0.25, 0.3) is 0 Å². The van der Waals surface area contributed by atoms with Crippen LogP contribution in [0, 0.1) is 5.92 Å². The van der Waals surface area contributed by atoms with Gasteiger partial charge in [-0.3, -0.25) is 4.79 Å². The highest BCUT2D eigenvalue weighted by Gasteiger charge is 2.10. The lowest BCUT2D eigenvalue weighted by Crippen LogP contribution is -2.28. The number of hydrogen-bond donors (Lipinski definition) is 3. The zero-order valence-corrected chi connectivity index (χ0v) is 12.5. The number of aromatic amines is 1. The molecule has 0 fully saturated rings. The van der Waals surface area contributed by atoms with E-state index in [0.717, 1.165) is 11.3 Å². The Morgan fingerprint density at radius 2 is 2.29 bits per heavy atom. The lowest BCUT2D eigenvalue weighted by atomic mass is 10.0. The van der Waals surface area contributed by atoms with Crippen molar-refractivity contribution in [3.63, 3.8) is 0 Å². The fraction of sp³-hybridized carbons (Fsp3) is 0.533. The molecule has 0 radical (unpaired) electrons. The first kappa shape index (κ1) is 15.4. The topological polar surface area (TPSA) is 90.9 Å². The van der Waals surface area contributed by atoms with Gasteiger partial charge < -0.3 is 15.4 Å². The van der Waals surface area contributed by atoms with E-state index in [1.165, 1.54) is 0 Å². The Morgan fingerprint density at radius 3 is 3.00 bits per heavy atom. The summed E-state index contributed by atoms with van der Waals surface area (Å²) < 4.78 is 0. The number of carbonyl (C=O) groups is 1. The molecule has 2 aromatic rings. The third kappa shape index (κ3) is 4.53. The van der Waals surface area contributed by atoms with Crippen LogP contribution < -0.4 is 5.32 Å². The van der Waals surface area contributed by atoms with Crippen molar-refractivity contribution in [2.24, 2.45) is 5.92 Å². The smallest absolute Gasteiger partial charge is 0.220 e. The second kappa shape index (κ2) is 7.17. The van der Waals surface area contributed by atoms with Crippen LogP contribution in [0.2, 0.25) is 0 Å². The highest BCUT2D eigenvalue weighted by atomic mass is 16.3. The van der Waals surface area contributed by atoms with E-state index >= 15 is 0 Å². The summed E-state index contributed by atoms with van der Waals surface area (Å²) in [6, 6.07) is 3.75. The summed E-state index contributed by atoms with van der Waals surface area (Å²) in [5.74, 6) is 0.949. The molecule has 0 aliphatic rings. The van der Waals surface area contributed by atoms with Gasteiger partial charge in [-0.15, -0.1) is 0 Å². The van der Waals surface area contributed by atoms with Crippen LogP contribution in [0.1, 0.15) is 32.5 Å². The van der Waals surface area contributed by atoms with E-state index in [-0.39, 0.29) is 17.9 Å². The first-order valence-electron chi connectivity index (χ1n) is 7.30. The summed E-state index contributed by atoms with van der Waals surface area (Å²) >= 11 is 0. The zero-order valence-electron chi connectivity index (χ0n) is 12.5. The molecular weight excluding hydrogens is 268 g/mol. The number of amides is 1. The van der Waals surface area contributed by atoms with Gasteiger partial charge in [0.1, 0.15) is 5.82 Å². The number of carbonyl (C=O) groups excluding carboxylic acids is 1. The van der Waals surface area contributed by atoms with Crippen molar-refractivity contribution in [2.45, 2.75) is 39.2 Å². The normalized spacial score (nSPS) is 12.8. The molecule has 0 spiro atoms. The van der Waals surface area contributed by atoms with Crippen LogP contribution in [0.25, 0.3) is 11.2 Å². The number of aryl methyl sites for hydroxylation is 1. The number of fused-ring (bicyclic) bond motifs is 1. The maximum atomic E-state index is 11.7. The summed E-state index contributed by atoms with van der Waals surface area (Å²) in [7, 11) is 0. The van der Waals surface area contributed by atoms with Gasteiger partial charge >= 0.3 is 0 Å². The molecule has 1 unspecified atom stereocenters. The molecule has 0 bridgehead atoms. The van der Waals surface area contributed by atoms with Gasteiger partial charge in [0.05, 0.1) is 11.6 Å². The second-order valence-corrected chi connectivity index (χ2v) is 5.51. The number of pyridine rings is 1. The molecule has 0 aliphatic heterocycles. The molecular formula is C15H22N4O2. The van der Waals surface area contributed by atoms with E-state index in [0.29, 0.717) is 31.5 Å². The maximum absolute atomic E-state index is 11.7. The predicted octanol–water partition coefficient (Wildman–Crippen LogP) is 1.41. The first-order valence-corrected chi connectivity index (χ1v) is 7.30. The average molecular weight is 290 g/mol. The monoisotopic (exact) mass is 290 g/mol. The number of aromatic nitrogens is 3. The van der Waals surface area contributed by atoms with Crippen LogP contribution in [0.5, 0.6) is 0 Å². The Labute approximate surface area is 124 Å². The zero-order chi connectivity index (χ0) is 15.2. The number of aliphatic hydroxyl groups excluding tert-OH is 1. The Balaban J connectivity index is 1.73. The Kier molecular flexibility index (Phi) is 5.27. The molecule has 3 N–H and O–H groups in total. The fourth-order valence-corrected chi connectivity index (χ4v) is 2.03. The van der Waals surface area contributed by atoms with Crippen molar-refractivity contribution in [3.8, 4) is 0 Å². The lowest BCUT2D eigenvalue weighted by Gasteiger charge is -2.14. The van der Waals surface area contributed by atoms with Crippen LogP contribution in [0.4, 0.5) is 0 Å². The summed E-state index contributed by atoms with van der Waals surface area (Å²) in [5, 5.41) is 12.5. The molecule has 0 aliphatic carbocycles. The van der Waals surface area contributed by atoms with E-state index < -0.39 is 0 Å². The van der Waals surface area contributed by atoms with Gasteiger partial charge in [0.2, 0.25) is 5.91 Å². The lowest BCUT2D eigenvalue weighted by molar-refractivity contribution is -0.121.